The van der Waals surface area contributed by atoms with Crippen LogP contribution in [0.2, 0.25) is 5.02 Å². The molecule has 0 radical (unpaired) electrons. The molecule has 1 fully saturated rings. The maximum Gasteiger partial charge on any atom is 0.300 e. The molecule has 0 bridgehead atoms. The molecule has 0 heterocycles. The molecule has 1 aromatic carbocycles. The van der Waals surface area contributed by atoms with Gasteiger partial charge in [0.1, 0.15) is 10.6 Å². The predicted molar refractivity (Wildman–Crippen MR) is 72.4 cm³/mol. The van der Waals surface area contributed by atoms with E-state index in [1.165, 1.54) is 12.1 Å². The van der Waals surface area contributed by atoms with Crippen molar-refractivity contribution in [2.24, 2.45) is 0 Å². The minimum atomic E-state index is -0.617. The van der Waals surface area contributed by atoms with Gasteiger partial charge >= 0.3 is 5.69 Å². The lowest BCUT2D eigenvalue weighted by atomic mass is 10.1. The predicted octanol–water partition coefficient (Wildman–Crippen LogP) is 3.04. The number of carbonyl (C=O) groups is 1. The topological polar surface area (TPSA) is 63.5 Å². The third-order valence-corrected chi connectivity index (χ3v) is 3.28. The Kier molecular flexibility index (Phi) is 3.85. The number of para-hydroxylation sites is 1. The number of nitro benzene ring substituents is 1. The van der Waals surface area contributed by atoms with Crippen molar-refractivity contribution in [2.75, 3.05) is 6.54 Å². The Morgan fingerprint density at radius 3 is 2.79 bits per heavy atom. The van der Waals surface area contributed by atoms with Crippen molar-refractivity contribution in [2.45, 2.75) is 18.9 Å². The lowest BCUT2D eigenvalue weighted by molar-refractivity contribution is -0.385. The van der Waals surface area contributed by atoms with E-state index in [2.05, 4.69) is 6.58 Å². The van der Waals surface area contributed by atoms with Crippen LogP contribution >= 0.6 is 11.6 Å². The molecule has 1 aliphatic rings. The Hall–Kier alpha value is -1.88. The van der Waals surface area contributed by atoms with Crippen LogP contribution in [0.15, 0.2) is 30.9 Å². The van der Waals surface area contributed by atoms with Crippen LogP contribution in [0.25, 0.3) is 0 Å². The smallest absolute Gasteiger partial charge is 0.300 e. The first-order valence-electron chi connectivity index (χ1n) is 5.91. The molecule has 1 aromatic rings. The van der Waals surface area contributed by atoms with Crippen molar-refractivity contribution in [3.8, 4) is 0 Å². The summed E-state index contributed by atoms with van der Waals surface area (Å²) in [6, 6.07) is 4.54. The maximum atomic E-state index is 12.4. The van der Waals surface area contributed by atoms with Crippen molar-refractivity contribution < 1.29 is 9.72 Å². The zero-order valence-electron chi connectivity index (χ0n) is 10.2. The van der Waals surface area contributed by atoms with E-state index in [1.54, 1.807) is 17.0 Å². The molecule has 0 aromatic heterocycles. The van der Waals surface area contributed by atoms with E-state index in [9.17, 15) is 14.9 Å². The van der Waals surface area contributed by atoms with E-state index >= 15 is 0 Å². The average Bonchev–Trinajstić information content (AvgIpc) is 3.18. The summed E-state index contributed by atoms with van der Waals surface area (Å²) in [5.74, 6) is -0.364. The number of nitrogens with zero attached hydrogens (tertiary/aromatic N) is 2. The molecule has 0 aliphatic heterocycles. The zero-order valence-corrected chi connectivity index (χ0v) is 11.0. The highest BCUT2D eigenvalue weighted by Crippen LogP contribution is 2.33. The van der Waals surface area contributed by atoms with E-state index < -0.39 is 4.92 Å². The number of hydrogen-bond donors (Lipinski definition) is 0. The molecule has 1 aliphatic carbocycles. The number of halogens is 1. The van der Waals surface area contributed by atoms with Gasteiger partial charge in [0.2, 0.25) is 0 Å². The third-order valence-electron chi connectivity index (χ3n) is 2.97. The second kappa shape index (κ2) is 5.40. The van der Waals surface area contributed by atoms with Crippen molar-refractivity contribution in [1.82, 2.24) is 4.90 Å². The van der Waals surface area contributed by atoms with E-state index in [0.29, 0.717) is 6.54 Å². The SMILES string of the molecule is C=CCN(C(=O)c1cccc(Cl)c1[N+](=O)[O-])C1CC1. The summed E-state index contributed by atoms with van der Waals surface area (Å²) in [6.45, 7) is 3.99. The second-order valence-corrected chi connectivity index (χ2v) is 4.78. The van der Waals surface area contributed by atoms with Gasteiger partial charge in [-0.05, 0) is 25.0 Å². The lowest BCUT2D eigenvalue weighted by Crippen LogP contribution is -2.33. The number of amides is 1. The lowest BCUT2D eigenvalue weighted by Gasteiger charge is -2.20. The molecule has 5 nitrogen and oxygen atoms in total. The molecule has 0 saturated heterocycles. The number of hydrogen-bond acceptors (Lipinski definition) is 3. The standard InChI is InChI=1S/C13H13ClN2O3/c1-2-8-15(9-6-7-9)13(17)10-4-3-5-11(14)12(10)16(18)19/h2-5,9H,1,6-8H2. The molecular formula is C13H13ClN2O3. The monoisotopic (exact) mass is 280 g/mol. The summed E-state index contributed by atoms with van der Waals surface area (Å²) in [4.78, 5) is 24.4. The van der Waals surface area contributed by atoms with Gasteiger partial charge in [-0.3, -0.25) is 14.9 Å². The van der Waals surface area contributed by atoms with Crippen molar-refractivity contribution in [3.05, 3.63) is 51.6 Å². The molecule has 1 saturated carbocycles. The van der Waals surface area contributed by atoms with Gasteiger partial charge in [-0.1, -0.05) is 23.7 Å². The molecule has 100 valence electrons. The van der Waals surface area contributed by atoms with Crippen LogP contribution < -0.4 is 0 Å². The highest BCUT2D eigenvalue weighted by Gasteiger charge is 2.35. The Bertz CT molecular complexity index is 541. The van der Waals surface area contributed by atoms with E-state index in [1.807, 2.05) is 0 Å². The van der Waals surface area contributed by atoms with Crippen molar-refractivity contribution in [1.29, 1.82) is 0 Å². The van der Waals surface area contributed by atoms with Gasteiger partial charge in [-0.15, -0.1) is 6.58 Å². The second-order valence-electron chi connectivity index (χ2n) is 4.37. The Balaban J connectivity index is 2.39. The fourth-order valence-corrected chi connectivity index (χ4v) is 2.19. The normalized spacial score (nSPS) is 13.9. The minimum absolute atomic E-state index is 0.0230. The van der Waals surface area contributed by atoms with E-state index in [-0.39, 0.29) is 28.2 Å². The number of nitro groups is 1. The number of carbonyl (C=O) groups excluding carboxylic acids is 1. The van der Waals surface area contributed by atoms with Crippen LogP contribution in [0.4, 0.5) is 5.69 Å². The molecule has 0 N–H and O–H groups in total. The van der Waals surface area contributed by atoms with Crippen molar-refractivity contribution >= 4 is 23.2 Å². The van der Waals surface area contributed by atoms with Gasteiger partial charge in [0.15, 0.2) is 0 Å². The summed E-state index contributed by atoms with van der Waals surface area (Å²) in [6.07, 6.45) is 3.47. The van der Waals surface area contributed by atoms with Crippen molar-refractivity contribution in [3.63, 3.8) is 0 Å². The molecule has 1 amide bonds. The van der Waals surface area contributed by atoms with E-state index in [4.69, 9.17) is 11.6 Å². The van der Waals surface area contributed by atoms with Crippen LogP contribution in [0.3, 0.4) is 0 Å². The van der Waals surface area contributed by atoms with Crippen LogP contribution in [0.1, 0.15) is 23.2 Å². The molecule has 2 rings (SSSR count). The Labute approximate surface area is 115 Å². The quantitative estimate of drug-likeness (QED) is 0.473. The first-order chi connectivity index (χ1) is 9.06. The van der Waals surface area contributed by atoms with Gasteiger partial charge in [0, 0.05) is 12.6 Å². The number of benzene rings is 1. The van der Waals surface area contributed by atoms with Gasteiger partial charge in [-0.25, -0.2) is 0 Å². The summed E-state index contributed by atoms with van der Waals surface area (Å²) < 4.78 is 0. The minimum Gasteiger partial charge on any atom is -0.332 e. The van der Waals surface area contributed by atoms with Crippen LogP contribution in [0.5, 0.6) is 0 Å². The van der Waals surface area contributed by atoms with Gasteiger partial charge in [0.05, 0.1) is 4.92 Å². The van der Waals surface area contributed by atoms with Gasteiger partial charge in [-0.2, -0.15) is 0 Å². The van der Waals surface area contributed by atoms with Crippen LogP contribution in [-0.4, -0.2) is 28.3 Å². The average molecular weight is 281 g/mol. The van der Waals surface area contributed by atoms with Crippen LogP contribution in [-0.2, 0) is 0 Å². The third kappa shape index (κ3) is 2.76. The molecule has 6 heteroatoms. The highest BCUT2D eigenvalue weighted by molar-refractivity contribution is 6.33. The fraction of sp³-hybridized carbons (Fsp3) is 0.308. The molecule has 0 spiro atoms. The first-order valence-corrected chi connectivity index (χ1v) is 6.28. The largest absolute Gasteiger partial charge is 0.332 e. The first kappa shape index (κ1) is 13.5. The fourth-order valence-electron chi connectivity index (χ4n) is 1.95. The highest BCUT2D eigenvalue weighted by atomic mass is 35.5. The molecule has 19 heavy (non-hydrogen) atoms. The molecular weight excluding hydrogens is 268 g/mol. The maximum absolute atomic E-state index is 12.4. The number of rotatable bonds is 5. The van der Waals surface area contributed by atoms with E-state index in [0.717, 1.165) is 12.8 Å². The molecule has 0 atom stereocenters. The zero-order chi connectivity index (χ0) is 14.0. The summed E-state index contributed by atoms with van der Waals surface area (Å²) >= 11 is 5.81. The molecule has 0 unspecified atom stereocenters. The van der Waals surface area contributed by atoms with Gasteiger partial charge in [0.25, 0.3) is 5.91 Å². The van der Waals surface area contributed by atoms with Gasteiger partial charge < -0.3 is 4.90 Å². The summed E-state index contributed by atoms with van der Waals surface area (Å²) in [5.41, 5.74) is -0.296. The summed E-state index contributed by atoms with van der Waals surface area (Å²) in [7, 11) is 0. The summed E-state index contributed by atoms with van der Waals surface area (Å²) in [5, 5.41) is 11.0. The Morgan fingerprint density at radius 1 is 1.58 bits per heavy atom. The Morgan fingerprint density at radius 2 is 2.26 bits per heavy atom. The van der Waals surface area contributed by atoms with Crippen LogP contribution in [0, 0.1) is 10.1 Å².